The van der Waals surface area contributed by atoms with E-state index in [2.05, 4.69) is 10.6 Å². The predicted molar refractivity (Wildman–Crippen MR) is 123 cm³/mol. The van der Waals surface area contributed by atoms with Crippen molar-refractivity contribution in [1.29, 1.82) is 0 Å². The number of benzene rings is 3. The molecule has 1 atom stereocenters. The van der Waals surface area contributed by atoms with Gasteiger partial charge in [-0.3, -0.25) is 19.3 Å². The van der Waals surface area contributed by atoms with Crippen LogP contribution in [0.2, 0.25) is 0 Å². The molecule has 0 spiro atoms. The maximum atomic E-state index is 13.4. The first kappa shape index (κ1) is 21.4. The number of carbonyl (C=O) groups excluding carboxylic acids is 4. The second kappa shape index (κ2) is 7.87. The summed E-state index contributed by atoms with van der Waals surface area (Å²) in [5.41, 5.74) is -0.246. The molecule has 0 aliphatic carbocycles. The van der Waals surface area contributed by atoms with Gasteiger partial charge in [0, 0.05) is 11.6 Å². The number of nitrogens with one attached hydrogen (secondary N) is 2. The van der Waals surface area contributed by atoms with Crippen LogP contribution in [0, 0.1) is 0 Å². The zero-order valence-electron chi connectivity index (χ0n) is 18.5. The van der Waals surface area contributed by atoms with Crippen molar-refractivity contribution in [3.8, 4) is 11.5 Å². The largest absolute Gasteiger partial charge is 0.454 e. The minimum Gasteiger partial charge on any atom is -0.454 e. The van der Waals surface area contributed by atoms with Crippen LogP contribution in [0.25, 0.3) is 10.8 Å². The Morgan fingerprint density at radius 1 is 1.06 bits per heavy atom. The zero-order valence-corrected chi connectivity index (χ0v) is 18.5. The molecule has 0 bridgehead atoms. The number of nitrogens with zero attached hydrogens (tertiary/aromatic N) is 1. The average Bonchev–Trinajstić information content (AvgIpc) is 3.36. The molecule has 0 radical (unpaired) electrons. The summed E-state index contributed by atoms with van der Waals surface area (Å²) in [6, 6.07) is 15.4. The van der Waals surface area contributed by atoms with E-state index >= 15 is 0 Å². The monoisotopic (exact) mass is 459 g/mol. The molecule has 172 valence electrons. The summed E-state index contributed by atoms with van der Waals surface area (Å²) >= 11 is 0. The molecule has 4 amide bonds. The van der Waals surface area contributed by atoms with Crippen LogP contribution in [0.4, 0.5) is 10.5 Å². The Kier molecular flexibility index (Phi) is 4.97. The number of ether oxygens (including phenoxy) is 2. The smallest absolute Gasteiger partial charge is 0.325 e. The first-order valence-electron chi connectivity index (χ1n) is 10.6. The fourth-order valence-electron chi connectivity index (χ4n) is 4.35. The van der Waals surface area contributed by atoms with Crippen molar-refractivity contribution in [1.82, 2.24) is 10.2 Å². The van der Waals surface area contributed by atoms with Crippen molar-refractivity contribution in [2.24, 2.45) is 0 Å². The normalized spacial score (nSPS) is 18.8. The Morgan fingerprint density at radius 2 is 1.76 bits per heavy atom. The van der Waals surface area contributed by atoms with Gasteiger partial charge in [-0.1, -0.05) is 42.5 Å². The van der Waals surface area contributed by atoms with Gasteiger partial charge < -0.3 is 20.1 Å². The maximum absolute atomic E-state index is 13.4. The number of amides is 4. The Balaban J connectivity index is 1.40. The van der Waals surface area contributed by atoms with Gasteiger partial charge in [0.25, 0.3) is 5.91 Å². The molecule has 1 fully saturated rings. The van der Waals surface area contributed by atoms with Gasteiger partial charge in [0.05, 0.1) is 5.69 Å². The van der Waals surface area contributed by atoms with Gasteiger partial charge in [-0.15, -0.1) is 0 Å². The molecule has 0 aromatic heterocycles. The van der Waals surface area contributed by atoms with Crippen LogP contribution < -0.4 is 20.1 Å². The lowest BCUT2D eigenvalue weighted by Crippen LogP contribution is -2.42. The van der Waals surface area contributed by atoms with Crippen molar-refractivity contribution in [2.45, 2.75) is 19.4 Å². The minimum absolute atomic E-state index is 0.0132. The van der Waals surface area contributed by atoms with Gasteiger partial charge in [-0.05, 0) is 36.2 Å². The molecule has 9 heteroatoms. The van der Waals surface area contributed by atoms with E-state index in [9.17, 15) is 19.2 Å². The van der Waals surface area contributed by atoms with E-state index in [0.29, 0.717) is 17.1 Å². The number of hydrogen-bond donors (Lipinski definition) is 2. The van der Waals surface area contributed by atoms with Crippen molar-refractivity contribution in [3.05, 3.63) is 65.7 Å². The van der Waals surface area contributed by atoms with Crippen LogP contribution in [0.3, 0.4) is 0 Å². The summed E-state index contributed by atoms with van der Waals surface area (Å²) < 4.78 is 10.6. The highest BCUT2D eigenvalue weighted by Gasteiger charge is 2.50. The third-order valence-corrected chi connectivity index (χ3v) is 6.07. The van der Waals surface area contributed by atoms with E-state index in [1.54, 1.807) is 13.0 Å². The summed E-state index contributed by atoms with van der Waals surface area (Å²) in [5.74, 6) is -0.664. The number of ketones is 1. The first-order valence-corrected chi connectivity index (χ1v) is 10.6. The number of carbonyl (C=O) groups is 4. The van der Waals surface area contributed by atoms with E-state index in [0.717, 1.165) is 15.7 Å². The van der Waals surface area contributed by atoms with E-state index < -0.39 is 29.9 Å². The molecule has 9 nitrogen and oxygen atoms in total. The predicted octanol–water partition coefficient (Wildman–Crippen LogP) is 3.18. The Morgan fingerprint density at radius 3 is 2.53 bits per heavy atom. The second-order valence-corrected chi connectivity index (χ2v) is 8.33. The topological polar surface area (TPSA) is 114 Å². The second-order valence-electron chi connectivity index (χ2n) is 8.33. The third kappa shape index (κ3) is 3.42. The van der Waals surface area contributed by atoms with E-state index in [1.165, 1.54) is 19.1 Å². The number of hydrogen-bond acceptors (Lipinski definition) is 6. The lowest BCUT2D eigenvalue weighted by atomic mass is 9.88. The summed E-state index contributed by atoms with van der Waals surface area (Å²) in [6.07, 6.45) is 0. The van der Waals surface area contributed by atoms with Gasteiger partial charge in [0.15, 0.2) is 17.3 Å². The molecule has 2 N–H and O–H groups in total. The molecular formula is C25H21N3O6. The Hall–Kier alpha value is -4.40. The number of Topliss-reactive ketones (excluding diaryl/α,β-unsaturated/α-hetero) is 1. The van der Waals surface area contributed by atoms with Crippen molar-refractivity contribution in [3.63, 3.8) is 0 Å². The number of anilines is 1. The fraction of sp³-hybridized carbons (Fsp3) is 0.200. The molecule has 5 rings (SSSR count). The van der Waals surface area contributed by atoms with Crippen LogP contribution in [0.5, 0.6) is 11.5 Å². The molecule has 2 aliphatic rings. The highest BCUT2D eigenvalue weighted by Crippen LogP contribution is 2.37. The summed E-state index contributed by atoms with van der Waals surface area (Å²) in [4.78, 5) is 51.9. The first-order chi connectivity index (χ1) is 16.3. The quantitative estimate of drug-likeness (QED) is 0.448. The van der Waals surface area contributed by atoms with Crippen molar-refractivity contribution < 1.29 is 28.7 Å². The molecule has 1 saturated heterocycles. The van der Waals surface area contributed by atoms with Crippen LogP contribution in [-0.4, -0.2) is 41.9 Å². The highest BCUT2D eigenvalue weighted by atomic mass is 16.7. The van der Waals surface area contributed by atoms with Crippen LogP contribution in [-0.2, 0) is 15.1 Å². The molecule has 2 aliphatic heterocycles. The van der Waals surface area contributed by atoms with Crippen molar-refractivity contribution >= 4 is 40.1 Å². The summed E-state index contributed by atoms with van der Waals surface area (Å²) in [6.45, 7) is 2.48. The molecular weight excluding hydrogens is 438 g/mol. The van der Waals surface area contributed by atoms with Gasteiger partial charge >= 0.3 is 6.03 Å². The van der Waals surface area contributed by atoms with Crippen LogP contribution in [0.1, 0.15) is 29.8 Å². The summed E-state index contributed by atoms with van der Waals surface area (Å²) in [7, 11) is 0. The van der Waals surface area contributed by atoms with Gasteiger partial charge in [0.1, 0.15) is 12.1 Å². The van der Waals surface area contributed by atoms with E-state index in [-0.39, 0.29) is 23.8 Å². The maximum Gasteiger partial charge on any atom is 0.325 e. The molecule has 3 aromatic rings. The Bertz CT molecular complexity index is 1380. The van der Waals surface area contributed by atoms with Gasteiger partial charge in [-0.25, -0.2) is 4.79 Å². The van der Waals surface area contributed by atoms with Crippen molar-refractivity contribution in [2.75, 3.05) is 18.7 Å². The number of urea groups is 1. The van der Waals surface area contributed by atoms with E-state index in [4.69, 9.17) is 9.47 Å². The SMILES string of the molecule is CC(=O)c1cc2c(cc1NC(=O)CN1C(=O)NC(C)(c3cccc4ccccc34)C1=O)OCO2. The van der Waals surface area contributed by atoms with Gasteiger partial charge in [0.2, 0.25) is 12.7 Å². The molecule has 3 aromatic carbocycles. The van der Waals surface area contributed by atoms with E-state index in [1.807, 2.05) is 36.4 Å². The highest BCUT2D eigenvalue weighted by molar-refractivity contribution is 6.12. The van der Waals surface area contributed by atoms with Crippen LogP contribution >= 0.6 is 0 Å². The summed E-state index contributed by atoms with van der Waals surface area (Å²) in [5, 5.41) is 7.12. The fourth-order valence-corrected chi connectivity index (χ4v) is 4.35. The zero-order chi connectivity index (χ0) is 24.0. The third-order valence-electron chi connectivity index (χ3n) is 6.07. The number of fused-ring (bicyclic) bond motifs is 2. The molecule has 2 heterocycles. The lowest BCUT2D eigenvalue weighted by Gasteiger charge is -2.24. The van der Waals surface area contributed by atoms with Crippen LogP contribution in [0.15, 0.2) is 54.6 Å². The number of rotatable bonds is 5. The molecule has 34 heavy (non-hydrogen) atoms. The lowest BCUT2D eigenvalue weighted by molar-refractivity contribution is -0.133. The molecule has 0 saturated carbocycles. The average molecular weight is 459 g/mol. The minimum atomic E-state index is -1.33. The molecule has 1 unspecified atom stereocenters. The van der Waals surface area contributed by atoms with Gasteiger partial charge in [-0.2, -0.15) is 0 Å². The standard InChI is InChI=1S/C25H21N3O6/c1-14(29)17-10-20-21(34-13-33-20)11-19(17)26-22(30)12-28-23(31)25(2,27-24(28)32)18-9-5-7-15-6-3-4-8-16(15)18/h3-11H,12-13H2,1-2H3,(H,26,30)(H,27,32). The number of imide groups is 1. The Labute approximate surface area is 194 Å².